The molecule has 1 aromatic heterocycles. The number of nitrogens with one attached hydrogen (secondary N) is 1. The minimum atomic E-state index is -0.542. The number of hydrogen-bond acceptors (Lipinski definition) is 4. The topological polar surface area (TPSA) is 74.9 Å². The van der Waals surface area contributed by atoms with Gasteiger partial charge in [0.05, 0.1) is 10.2 Å². The summed E-state index contributed by atoms with van der Waals surface area (Å²) in [5.41, 5.74) is 1.07. The van der Waals surface area contributed by atoms with Gasteiger partial charge in [0.25, 0.3) is 11.5 Å². The van der Waals surface area contributed by atoms with Gasteiger partial charge in [-0.2, -0.15) is 5.26 Å². The maximum Gasteiger partial charge on any atom is 0.273 e. The third-order valence-corrected chi connectivity index (χ3v) is 4.99. The van der Waals surface area contributed by atoms with Crippen molar-refractivity contribution in [2.45, 2.75) is 0 Å². The molecule has 0 bridgehead atoms. The van der Waals surface area contributed by atoms with Gasteiger partial charge in [0.1, 0.15) is 10.7 Å². The van der Waals surface area contributed by atoms with E-state index in [1.54, 1.807) is 30.3 Å². The van der Waals surface area contributed by atoms with Crippen molar-refractivity contribution in [3.8, 4) is 11.8 Å². The van der Waals surface area contributed by atoms with Gasteiger partial charge < -0.3 is 5.32 Å². The van der Waals surface area contributed by atoms with Crippen molar-refractivity contribution < 1.29 is 4.79 Å². The maximum atomic E-state index is 13.1. The number of rotatable bonds is 5. The maximum absolute atomic E-state index is 13.1. The van der Waals surface area contributed by atoms with Crippen molar-refractivity contribution in [2.75, 3.05) is 6.54 Å². The van der Waals surface area contributed by atoms with E-state index in [0.717, 1.165) is 16.9 Å². The summed E-state index contributed by atoms with van der Waals surface area (Å²) in [5.74, 6) is -0.542. The van der Waals surface area contributed by atoms with E-state index in [9.17, 15) is 14.9 Å². The van der Waals surface area contributed by atoms with E-state index < -0.39 is 5.91 Å². The molecule has 138 valence electrons. The Bertz CT molecular complexity index is 1220. The highest BCUT2D eigenvalue weighted by atomic mass is 32.1. The van der Waals surface area contributed by atoms with Crippen molar-refractivity contribution in [1.82, 2.24) is 9.88 Å². The Morgan fingerprint density at radius 3 is 2.39 bits per heavy atom. The summed E-state index contributed by atoms with van der Waals surface area (Å²) in [6.45, 7) is 3.79. The van der Waals surface area contributed by atoms with E-state index in [1.807, 2.05) is 42.5 Å². The molecule has 0 fully saturated rings. The average Bonchev–Trinajstić information content (AvgIpc) is 3.04. The Labute approximate surface area is 165 Å². The van der Waals surface area contributed by atoms with Crippen LogP contribution >= 0.6 is 11.3 Å². The molecule has 0 radical (unpaired) electrons. The first-order chi connectivity index (χ1) is 13.7. The molecule has 0 saturated carbocycles. The summed E-state index contributed by atoms with van der Waals surface area (Å²) in [6.07, 6.45) is 3.28. The number of thiazole rings is 1. The molecule has 28 heavy (non-hydrogen) atoms. The molecule has 0 aliphatic rings. The molecule has 0 aliphatic carbocycles. The van der Waals surface area contributed by atoms with Crippen LogP contribution in [0.4, 0.5) is 0 Å². The quantitative estimate of drug-likeness (QED) is 0.677. The van der Waals surface area contributed by atoms with E-state index in [-0.39, 0.29) is 17.7 Å². The second-order valence-corrected chi connectivity index (χ2v) is 6.82. The molecule has 0 atom stereocenters. The normalized spacial score (nSPS) is 12.2. The highest BCUT2D eigenvalue weighted by Crippen LogP contribution is 2.04. The highest BCUT2D eigenvalue weighted by Gasteiger charge is 2.16. The monoisotopic (exact) mass is 387 g/mol. The second kappa shape index (κ2) is 8.80. The summed E-state index contributed by atoms with van der Waals surface area (Å²) < 4.78 is 2.14. The standard InChI is InChI=1S/C22H17N3O2S/c1-2-13-24-20(26)18(15-23)22-25(17-11-7-4-8-12-17)21(27)19(28-22)14-16-9-5-3-6-10-16/h2-12,14H,1,13H2,(H,24,26). The van der Waals surface area contributed by atoms with Crippen molar-refractivity contribution in [1.29, 1.82) is 5.26 Å². The van der Waals surface area contributed by atoms with Gasteiger partial charge in [0.2, 0.25) is 0 Å². The number of nitriles is 1. The predicted octanol–water partition coefficient (Wildman–Crippen LogP) is 1.70. The Kier molecular flexibility index (Phi) is 6.00. The first-order valence-corrected chi connectivity index (χ1v) is 9.35. The van der Waals surface area contributed by atoms with E-state index in [0.29, 0.717) is 14.9 Å². The lowest BCUT2D eigenvalue weighted by Gasteiger charge is -2.04. The van der Waals surface area contributed by atoms with Crippen molar-refractivity contribution >= 4 is 28.9 Å². The Hall–Kier alpha value is -3.69. The van der Waals surface area contributed by atoms with Crippen LogP contribution < -0.4 is 20.1 Å². The van der Waals surface area contributed by atoms with Gasteiger partial charge in [-0.1, -0.05) is 54.6 Å². The van der Waals surface area contributed by atoms with Gasteiger partial charge >= 0.3 is 0 Å². The first-order valence-electron chi connectivity index (χ1n) is 8.53. The van der Waals surface area contributed by atoms with Gasteiger partial charge in [-0.05, 0) is 23.8 Å². The molecule has 5 nitrogen and oxygen atoms in total. The number of carbonyl (C=O) groups excluding carboxylic acids is 1. The summed E-state index contributed by atoms with van der Waals surface area (Å²) >= 11 is 1.12. The fraction of sp³-hybridized carbons (Fsp3) is 0.0455. The minimum absolute atomic E-state index is 0.111. The number of hydrogen-bond donors (Lipinski definition) is 1. The van der Waals surface area contributed by atoms with E-state index in [4.69, 9.17) is 0 Å². The van der Waals surface area contributed by atoms with Crippen LogP contribution in [0.2, 0.25) is 0 Å². The van der Waals surface area contributed by atoms with Crippen LogP contribution in [0.15, 0.2) is 78.1 Å². The van der Waals surface area contributed by atoms with Crippen LogP contribution in [0, 0.1) is 11.3 Å². The minimum Gasteiger partial charge on any atom is -0.348 e. The predicted molar refractivity (Wildman–Crippen MR) is 111 cm³/mol. The van der Waals surface area contributed by atoms with Crippen molar-refractivity contribution in [2.24, 2.45) is 0 Å². The fourth-order valence-corrected chi connectivity index (χ4v) is 3.71. The molecule has 0 unspecified atom stereocenters. The number of amides is 1. The van der Waals surface area contributed by atoms with Gasteiger partial charge in [-0.3, -0.25) is 14.2 Å². The molecule has 0 spiro atoms. The number of carbonyl (C=O) groups is 1. The molecule has 0 saturated heterocycles. The largest absolute Gasteiger partial charge is 0.348 e. The SMILES string of the molecule is C=CCNC(=O)C(C#N)=c1sc(=Cc2ccccc2)c(=O)n1-c1ccccc1. The van der Waals surface area contributed by atoms with Gasteiger partial charge in [-0.25, -0.2) is 0 Å². The third kappa shape index (κ3) is 4.00. The van der Waals surface area contributed by atoms with Crippen LogP contribution in [-0.2, 0) is 4.79 Å². The lowest BCUT2D eigenvalue weighted by atomic mass is 10.2. The molecule has 0 aliphatic heterocycles. The molecule has 3 aromatic rings. The molecule has 2 aromatic carbocycles. The van der Waals surface area contributed by atoms with E-state index >= 15 is 0 Å². The molecule has 6 heteroatoms. The Morgan fingerprint density at radius 2 is 1.79 bits per heavy atom. The zero-order valence-corrected chi connectivity index (χ0v) is 15.8. The van der Waals surface area contributed by atoms with Crippen LogP contribution in [-0.4, -0.2) is 17.0 Å². The number of aromatic nitrogens is 1. The molecule has 1 N–H and O–H groups in total. The van der Waals surface area contributed by atoms with E-state index in [1.165, 1.54) is 10.6 Å². The molecular weight excluding hydrogens is 370 g/mol. The lowest BCUT2D eigenvalue weighted by Crippen LogP contribution is -2.33. The summed E-state index contributed by atoms with van der Waals surface area (Å²) in [4.78, 5) is 25.6. The van der Waals surface area contributed by atoms with Gasteiger partial charge in [0, 0.05) is 6.54 Å². The lowest BCUT2D eigenvalue weighted by molar-refractivity contribution is -0.115. The van der Waals surface area contributed by atoms with Crippen LogP contribution in [0.3, 0.4) is 0 Å². The molecular formula is C22H17N3O2S. The molecule has 3 rings (SSSR count). The van der Waals surface area contributed by atoms with Gasteiger partial charge in [0.15, 0.2) is 5.57 Å². The molecule has 1 amide bonds. The van der Waals surface area contributed by atoms with Crippen LogP contribution in [0.5, 0.6) is 0 Å². The number of benzene rings is 2. The first kappa shape index (κ1) is 19.1. The number of para-hydroxylation sites is 1. The zero-order chi connectivity index (χ0) is 19.9. The van der Waals surface area contributed by atoms with Gasteiger partial charge in [-0.15, -0.1) is 17.9 Å². The number of nitrogens with zero attached hydrogens (tertiary/aromatic N) is 2. The Balaban J connectivity index is 2.34. The summed E-state index contributed by atoms with van der Waals surface area (Å²) in [6, 6.07) is 20.3. The smallest absolute Gasteiger partial charge is 0.273 e. The van der Waals surface area contributed by atoms with Crippen molar-refractivity contribution in [3.05, 3.63) is 98.4 Å². The summed E-state index contributed by atoms with van der Waals surface area (Å²) in [7, 11) is 0. The zero-order valence-electron chi connectivity index (χ0n) is 15.0. The van der Waals surface area contributed by atoms with Crippen molar-refractivity contribution in [3.63, 3.8) is 0 Å². The highest BCUT2D eigenvalue weighted by molar-refractivity contribution is 7.07. The summed E-state index contributed by atoms with van der Waals surface area (Å²) in [5, 5.41) is 12.2. The Morgan fingerprint density at radius 1 is 1.14 bits per heavy atom. The third-order valence-electron chi connectivity index (χ3n) is 3.90. The van der Waals surface area contributed by atoms with Crippen LogP contribution in [0.25, 0.3) is 17.3 Å². The average molecular weight is 387 g/mol. The molecule has 1 heterocycles. The van der Waals surface area contributed by atoms with Crippen LogP contribution in [0.1, 0.15) is 5.56 Å². The van der Waals surface area contributed by atoms with E-state index in [2.05, 4.69) is 11.9 Å². The fourth-order valence-electron chi connectivity index (χ4n) is 2.61. The second-order valence-electron chi connectivity index (χ2n) is 5.79.